The molecule has 6 nitrogen and oxygen atoms in total. The topological polar surface area (TPSA) is 80.0 Å². The fourth-order valence-electron chi connectivity index (χ4n) is 2.53. The lowest BCUT2D eigenvalue weighted by Crippen LogP contribution is -2.24. The summed E-state index contributed by atoms with van der Waals surface area (Å²) in [4.78, 5) is 24.7. The van der Waals surface area contributed by atoms with Crippen LogP contribution in [-0.4, -0.2) is 23.5 Å². The Labute approximate surface area is 147 Å². The molecule has 2 aromatic rings. The second-order valence-electron chi connectivity index (χ2n) is 5.28. The molecular formula is C16H13Cl2NO5. The minimum absolute atomic E-state index is 0.0174. The number of ether oxygens (including phenoxy) is 1. The van der Waals surface area contributed by atoms with Gasteiger partial charge in [-0.25, -0.2) is 0 Å². The molecule has 1 saturated heterocycles. The van der Waals surface area contributed by atoms with Gasteiger partial charge in [0, 0.05) is 30.5 Å². The number of halogens is 2. The third-order valence-electron chi connectivity index (χ3n) is 3.56. The molecule has 0 aliphatic carbocycles. The average Bonchev–Trinajstić information content (AvgIpc) is 3.06. The van der Waals surface area contributed by atoms with Gasteiger partial charge in [-0.15, -0.1) is 0 Å². The van der Waals surface area contributed by atoms with Crippen LogP contribution in [0.25, 0.3) is 11.3 Å². The molecular weight excluding hydrogens is 357 g/mol. The molecule has 0 atom stereocenters. The first-order valence-corrected chi connectivity index (χ1v) is 7.94. The van der Waals surface area contributed by atoms with Gasteiger partial charge in [-0.05, 0) is 24.6 Å². The van der Waals surface area contributed by atoms with Crippen molar-refractivity contribution >= 4 is 41.0 Å². The molecule has 1 amide bonds. The molecule has 0 bridgehead atoms. The summed E-state index contributed by atoms with van der Waals surface area (Å²) in [5, 5.41) is 11.1. The highest BCUT2D eigenvalue weighted by molar-refractivity contribution is 6.35. The Kier molecular flexibility index (Phi) is 4.43. The van der Waals surface area contributed by atoms with Crippen molar-refractivity contribution in [2.24, 2.45) is 0 Å². The van der Waals surface area contributed by atoms with Crippen LogP contribution in [0.1, 0.15) is 19.8 Å². The third kappa shape index (κ3) is 2.95. The number of amides is 1. The van der Waals surface area contributed by atoms with E-state index in [1.54, 1.807) is 12.1 Å². The number of furan rings is 1. The molecule has 126 valence electrons. The molecule has 24 heavy (non-hydrogen) atoms. The molecule has 0 spiro atoms. The van der Waals surface area contributed by atoms with E-state index < -0.39 is 11.7 Å². The van der Waals surface area contributed by atoms with Gasteiger partial charge in [-0.3, -0.25) is 14.5 Å². The molecule has 0 radical (unpaired) electrons. The Bertz CT molecular complexity index is 830. The van der Waals surface area contributed by atoms with Gasteiger partial charge in [0.15, 0.2) is 5.76 Å². The number of aromatic hydroxyl groups is 1. The highest BCUT2D eigenvalue weighted by Gasteiger charge is 2.33. The zero-order valence-corrected chi connectivity index (χ0v) is 14.1. The van der Waals surface area contributed by atoms with E-state index in [2.05, 4.69) is 0 Å². The fourth-order valence-corrected chi connectivity index (χ4v) is 2.90. The average molecular weight is 370 g/mol. The van der Waals surface area contributed by atoms with E-state index in [1.807, 2.05) is 0 Å². The monoisotopic (exact) mass is 369 g/mol. The van der Waals surface area contributed by atoms with E-state index >= 15 is 0 Å². The van der Waals surface area contributed by atoms with E-state index in [0.29, 0.717) is 30.0 Å². The number of hydrogen-bond donors (Lipinski definition) is 1. The van der Waals surface area contributed by atoms with Crippen molar-refractivity contribution in [3.8, 4) is 22.8 Å². The molecule has 8 heteroatoms. The van der Waals surface area contributed by atoms with Gasteiger partial charge in [-0.2, -0.15) is 0 Å². The van der Waals surface area contributed by atoms with Crippen LogP contribution in [0.4, 0.5) is 5.88 Å². The maximum Gasteiger partial charge on any atom is 0.308 e. The van der Waals surface area contributed by atoms with Crippen LogP contribution in [0.5, 0.6) is 11.5 Å². The van der Waals surface area contributed by atoms with E-state index in [4.69, 9.17) is 32.4 Å². The maximum absolute atomic E-state index is 12.0. The molecule has 2 heterocycles. The zero-order chi connectivity index (χ0) is 17.4. The van der Waals surface area contributed by atoms with E-state index in [-0.39, 0.29) is 28.3 Å². The molecule has 1 aliphatic rings. The minimum Gasteiger partial charge on any atom is -0.502 e. The normalized spacial score (nSPS) is 14.3. The van der Waals surface area contributed by atoms with Gasteiger partial charge in [0.2, 0.25) is 17.4 Å². The first-order valence-electron chi connectivity index (χ1n) is 7.18. The number of carbonyl (C=O) groups is 2. The SMILES string of the molecule is CC(=O)Oc1c(N2CCCC2=O)oc(-c2cc(Cl)ccc2Cl)c1O. The summed E-state index contributed by atoms with van der Waals surface area (Å²) in [6.45, 7) is 1.59. The van der Waals surface area contributed by atoms with Crippen molar-refractivity contribution in [2.45, 2.75) is 19.8 Å². The molecule has 3 rings (SSSR count). The first-order chi connectivity index (χ1) is 11.4. The summed E-state index contributed by atoms with van der Waals surface area (Å²) < 4.78 is 10.7. The number of hydrogen-bond acceptors (Lipinski definition) is 5. The van der Waals surface area contributed by atoms with Gasteiger partial charge in [0.1, 0.15) is 0 Å². The summed E-state index contributed by atoms with van der Waals surface area (Å²) in [6, 6.07) is 4.65. The van der Waals surface area contributed by atoms with Gasteiger partial charge in [-0.1, -0.05) is 23.2 Å². The van der Waals surface area contributed by atoms with Crippen LogP contribution in [0.2, 0.25) is 10.0 Å². The summed E-state index contributed by atoms with van der Waals surface area (Å²) >= 11 is 12.1. The number of nitrogens with zero attached hydrogens (tertiary/aromatic N) is 1. The summed E-state index contributed by atoms with van der Waals surface area (Å²) in [6.07, 6.45) is 1.00. The van der Waals surface area contributed by atoms with Crippen molar-refractivity contribution in [1.29, 1.82) is 0 Å². The predicted molar refractivity (Wildman–Crippen MR) is 88.7 cm³/mol. The molecule has 1 aromatic carbocycles. The van der Waals surface area contributed by atoms with Crippen LogP contribution in [0.3, 0.4) is 0 Å². The molecule has 1 fully saturated rings. The largest absolute Gasteiger partial charge is 0.502 e. The standard InChI is InChI=1S/C16H13Cl2NO5/c1-8(20)23-15-13(22)14(10-7-9(17)4-5-11(10)18)24-16(15)19-6-2-3-12(19)21/h4-5,7,22H,2-3,6H2,1H3. The molecule has 1 aromatic heterocycles. The van der Waals surface area contributed by atoms with Crippen molar-refractivity contribution in [3.63, 3.8) is 0 Å². The Morgan fingerprint density at radius 2 is 2.12 bits per heavy atom. The second kappa shape index (κ2) is 6.37. The van der Waals surface area contributed by atoms with Crippen molar-refractivity contribution in [2.75, 3.05) is 11.4 Å². The predicted octanol–water partition coefficient (Wildman–Crippen LogP) is 4.01. The number of carbonyl (C=O) groups excluding carboxylic acids is 2. The fraction of sp³-hybridized carbons (Fsp3) is 0.250. The third-order valence-corrected chi connectivity index (χ3v) is 4.13. The number of esters is 1. The Balaban J connectivity index is 2.17. The Hall–Kier alpha value is -2.18. The number of benzene rings is 1. The van der Waals surface area contributed by atoms with Gasteiger partial charge >= 0.3 is 5.97 Å². The summed E-state index contributed by atoms with van der Waals surface area (Å²) in [5.74, 6) is -1.49. The smallest absolute Gasteiger partial charge is 0.308 e. The highest BCUT2D eigenvalue weighted by atomic mass is 35.5. The van der Waals surface area contributed by atoms with Gasteiger partial charge in [0.25, 0.3) is 5.88 Å². The number of anilines is 1. The lowest BCUT2D eigenvalue weighted by molar-refractivity contribution is -0.132. The Morgan fingerprint density at radius 3 is 2.75 bits per heavy atom. The molecule has 0 unspecified atom stereocenters. The van der Waals surface area contributed by atoms with Crippen LogP contribution in [0.15, 0.2) is 22.6 Å². The molecule has 1 aliphatic heterocycles. The van der Waals surface area contributed by atoms with Crippen molar-refractivity contribution < 1.29 is 23.8 Å². The van der Waals surface area contributed by atoms with Crippen LogP contribution in [-0.2, 0) is 9.59 Å². The van der Waals surface area contributed by atoms with E-state index in [9.17, 15) is 14.7 Å². The van der Waals surface area contributed by atoms with Crippen LogP contribution >= 0.6 is 23.2 Å². The second-order valence-corrected chi connectivity index (χ2v) is 6.12. The molecule has 0 saturated carbocycles. The lowest BCUT2D eigenvalue weighted by atomic mass is 10.1. The van der Waals surface area contributed by atoms with Crippen LogP contribution in [0, 0.1) is 0 Å². The lowest BCUT2D eigenvalue weighted by Gasteiger charge is -2.13. The van der Waals surface area contributed by atoms with Gasteiger partial charge in [0.05, 0.1) is 5.02 Å². The quantitative estimate of drug-likeness (QED) is 0.826. The maximum atomic E-state index is 12.0. The van der Waals surface area contributed by atoms with Crippen molar-refractivity contribution in [3.05, 3.63) is 28.2 Å². The Morgan fingerprint density at radius 1 is 1.38 bits per heavy atom. The zero-order valence-electron chi connectivity index (χ0n) is 12.6. The highest BCUT2D eigenvalue weighted by Crippen LogP contribution is 2.50. The van der Waals surface area contributed by atoms with Crippen molar-refractivity contribution in [1.82, 2.24) is 0 Å². The number of rotatable bonds is 3. The van der Waals surface area contributed by atoms with E-state index in [0.717, 1.165) is 0 Å². The molecule has 1 N–H and O–H groups in total. The van der Waals surface area contributed by atoms with Crippen LogP contribution < -0.4 is 9.64 Å². The summed E-state index contributed by atoms with van der Waals surface area (Å²) in [5.41, 5.74) is 0.327. The minimum atomic E-state index is -0.650. The van der Waals surface area contributed by atoms with Gasteiger partial charge < -0.3 is 14.3 Å². The first kappa shape index (κ1) is 16.7. The summed E-state index contributed by atoms with van der Waals surface area (Å²) in [7, 11) is 0. The van der Waals surface area contributed by atoms with E-state index in [1.165, 1.54) is 17.9 Å².